The van der Waals surface area contributed by atoms with Gasteiger partial charge in [0.25, 0.3) is 5.91 Å². The Morgan fingerprint density at radius 1 is 1.38 bits per heavy atom. The Bertz CT molecular complexity index is 642. The largest absolute Gasteiger partial charge is 0.440 e. The second kappa shape index (κ2) is 4.98. The average Bonchev–Trinajstić information content (AvgIpc) is 3.39. The summed E-state index contributed by atoms with van der Waals surface area (Å²) in [6.07, 6.45) is 5.00. The molecule has 21 heavy (non-hydrogen) atoms. The molecule has 4 nitrogen and oxygen atoms in total. The molecule has 2 aromatic rings. The van der Waals surface area contributed by atoms with Crippen LogP contribution in [-0.2, 0) is 0 Å². The van der Waals surface area contributed by atoms with Crippen LogP contribution in [0.2, 0.25) is 0 Å². The molecular weight excluding hydrogens is 284 g/mol. The number of carbonyl (C=O) groups is 1. The van der Waals surface area contributed by atoms with Crippen LogP contribution in [0.3, 0.4) is 0 Å². The molecule has 5 heteroatoms. The van der Waals surface area contributed by atoms with E-state index in [0.717, 1.165) is 4.88 Å². The van der Waals surface area contributed by atoms with Crippen molar-refractivity contribution >= 4 is 17.2 Å². The highest BCUT2D eigenvalue weighted by atomic mass is 32.1. The van der Waals surface area contributed by atoms with Gasteiger partial charge in [-0.15, -0.1) is 11.3 Å². The van der Waals surface area contributed by atoms with E-state index < -0.39 is 0 Å². The molecular formula is C16H18N2O2S. The maximum atomic E-state index is 12.5. The summed E-state index contributed by atoms with van der Waals surface area (Å²) in [5.41, 5.74) is 0.435. The predicted octanol–water partition coefficient (Wildman–Crippen LogP) is 3.63. The van der Waals surface area contributed by atoms with E-state index >= 15 is 0 Å². The Balaban J connectivity index is 1.53. The molecule has 2 saturated carbocycles. The minimum Gasteiger partial charge on any atom is -0.440 e. The smallest absolute Gasteiger partial charge is 0.273 e. The van der Waals surface area contributed by atoms with Gasteiger partial charge >= 0.3 is 0 Å². The minimum atomic E-state index is -0.0807. The van der Waals surface area contributed by atoms with Crippen molar-refractivity contribution in [3.05, 3.63) is 29.0 Å². The zero-order chi connectivity index (χ0) is 14.4. The third kappa shape index (κ3) is 2.62. The molecule has 2 aliphatic rings. The van der Waals surface area contributed by atoms with Crippen LogP contribution in [0.25, 0.3) is 10.8 Å². The Labute approximate surface area is 127 Å². The number of hydrogen-bond acceptors (Lipinski definition) is 4. The molecule has 2 fully saturated rings. The third-order valence-electron chi connectivity index (χ3n) is 4.30. The molecule has 0 saturated heterocycles. The maximum absolute atomic E-state index is 12.5. The van der Waals surface area contributed by atoms with Gasteiger partial charge in [-0.1, -0.05) is 6.07 Å². The molecule has 110 valence electrons. The molecule has 4 rings (SSSR count). The van der Waals surface area contributed by atoms with E-state index in [0.29, 0.717) is 35.2 Å². The Hall–Kier alpha value is -1.62. The van der Waals surface area contributed by atoms with Crippen molar-refractivity contribution in [1.29, 1.82) is 0 Å². The van der Waals surface area contributed by atoms with Gasteiger partial charge in [0, 0.05) is 6.04 Å². The van der Waals surface area contributed by atoms with Crippen molar-refractivity contribution in [3.63, 3.8) is 0 Å². The number of thiophene rings is 1. The number of carbonyl (C=O) groups excluding carboxylic acids is 1. The van der Waals surface area contributed by atoms with E-state index in [1.165, 1.54) is 25.7 Å². The minimum absolute atomic E-state index is 0.0807. The molecule has 0 unspecified atom stereocenters. The molecule has 0 aromatic carbocycles. The fourth-order valence-electron chi connectivity index (χ4n) is 2.86. The molecule has 1 amide bonds. The quantitative estimate of drug-likeness (QED) is 0.917. The van der Waals surface area contributed by atoms with Crippen LogP contribution in [0.4, 0.5) is 0 Å². The lowest BCUT2D eigenvalue weighted by Gasteiger charge is -2.16. The number of rotatable bonds is 5. The van der Waals surface area contributed by atoms with Gasteiger partial charge in [-0.25, -0.2) is 4.98 Å². The van der Waals surface area contributed by atoms with Crippen LogP contribution in [0.5, 0.6) is 0 Å². The molecule has 0 atom stereocenters. The van der Waals surface area contributed by atoms with E-state index in [1.54, 1.807) is 11.3 Å². The molecule has 0 radical (unpaired) electrons. The van der Waals surface area contributed by atoms with Gasteiger partial charge in [0.1, 0.15) is 5.76 Å². The van der Waals surface area contributed by atoms with Crippen LogP contribution in [0.15, 0.2) is 21.9 Å². The summed E-state index contributed by atoms with van der Waals surface area (Å²) < 4.78 is 5.65. The highest BCUT2D eigenvalue weighted by Gasteiger charge is 2.42. The Morgan fingerprint density at radius 2 is 2.10 bits per heavy atom. The van der Waals surface area contributed by atoms with Gasteiger partial charge in [0.15, 0.2) is 5.69 Å². The zero-order valence-corrected chi connectivity index (χ0v) is 12.8. The summed E-state index contributed by atoms with van der Waals surface area (Å²) in [7, 11) is 0. The van der Waals surface area contributed by atoms with Gasteiger partial charge in [-0.05, 0) is 55.9 Å². The van der Waals surface area contributed by atoms with Gasteiger partial charge in [0.05, 0.1) is 4.88 Å². The highest BCUT2D eigenvalue weighted by Crippen LogP contribution is 2.44. The molecule has 0 aliphatic heterocycles. The van der Waals surface area contributed by atoms with Crippen LogP contribution in [0.1, 0.15) is 41.9 Å². The summed E-state index contributed by atoms with van der Waals surface area (Å²) in [6.45, 7) is 1.81. The molecule has 2 aromatic heterocycles. The van der Waals surface area contributed by atoms with E-state index in [1.807, 2.05) is 24.4 Å². The maximum Gasteiger partial charge on any atom is 0.273 e. The van der Waals surface area contributed by atoms with Crippen LogP contribution in [-0.4, -0.2) is 16.9 Å². The van der Waals surface area contributed by atoms with Crippen LogP contribution >= 0.6 is 11.3 Å². The van der Waals surface area contributed by atoms with Gasteiger partial charge in [-0.3, -0.25) is 4.79 Å². The van der Waals surface area contributed by atoms with Crippen molar-refractivity contribution < 1.29 is 9.21 Å². The summed E-state index contributed by atoms with van der Waals surface area (Å²) in [6, 6.07) is 4.25. The van der Waals surface area contributed by atoms with Crippen molar-refractivity contribution in [3.8, 4) is 10.8 Å². The lowest BCUT2D eigenvalue weighted by molar-refractivity contribution is 0.0920. The summed E-state index contributed by atoms with van der Waals surface area (Å²) in [5.74, 6) is 2.43. The van der Waals surface area contributed by atoms with Gasteiger partial charge in [-0.2, -0.15) is 0 Å². The molecule has 0 spiro atoms. The van der Waals surface area contributed by atoms with Crippen molar-refractivity contribution in [2.75, 3.05) is 0 Å². The standard InChI is InChI=1S/C16H18N2O2S/c1-9-13(18-16(20-9)12-3-2-8-21-12)15(19)17-14(10-4-5-10)11-6-7-11/h2-3,8,10-11,14H,4-7H2,1H3,(H,17,19). The monoisotopic (exact) mass is 302 g/mol. The predicted molar refractivity (Wildman–Crippen MR) is 81.3 cm³/mol. The summed E-state index contributed by atoms with van der Waals surface area (Å²) in [4.78, 5) is 17.8. The fraction of sp³-hybridized carbons (Fsp3) is 0.500. The number of amides is 1. The topological polar surface area (TPSA) is 55.1 Å². The lowest BCUT2D eigenvalue weighted by Crippen LogP contribution is -2.38. The zero-order valence-electron chi connectivity index (χ0n) is 12.0. The fourth-order valence-corrected chi connectivity index (χ4v) is 3.51. The first kappa shape index (κ1) is 13.1. The Morgan fingerprint density at radius 3 is 2.67 bits per heavy atom. The second-order valence-electron chi connectivity index (χ2n) is 6.08. The van der Waals surface area contributed by atoms with Crippen LogP contribution < -0.4 is 5.32 Å². The molecule has 0 bridgehead atoms. The molecule has 2 aliphatic carbocycles. The number of aromatic nitrogens is 1. The number of aryl methyl sites for hydroxylation is 1. The number of nitrogens with one attached hydrogen (secondary N) is 1. The van der Waals surface area contributed by atoms with E-state index in [2.05, 4.69) is 10.3 Å². The SMILES string of the molecule is Cc1oc(-c2cccs2)nc1C(=O)NC(C1CC1)C1CC1. The first-order valence-corrected chi connectivity index (χ1v) is 8.42. The summed E-state index contributed by atoms with van der Waals surface area (Å²) in [5, 5.41) is 5.18. The first-order chi connectivity index (χ1) is 10.2. The normalized spacial score (nSPS) is 18.2. The number of oxazole rings is 1. The second-order valence-corrected chi connectivity index (χ2v) is 7.02. The van der Waals surface area contributed by atoms with Gasteiger partial charge < -0.3 is 9.73 Å². The van der Waals surface area contributed by atoms with E-state index in [-0.39, 0.29) is 5.91 Å². The lowest BCUT2D eigenvalue weighted by atomic mass is 10.1. The first-order valence-electron chi connectivity index (χ1n) is 7.54. The Kier molecular flexibility index (Phi) is 3.10. The average molecular weight is 302 g/mol. The number of hydrogen-bond donors (Lipinski definition) is 1. The summed E-state index contributed by atoms with van der Waals surface area (Å²) >= 11 is 1.57. The van der Waals surface area contributed by atoms with Crippen molar-refractivity contribution in [1.82, 2.24) is 10.3 Å². The van der Waals surface area contributed by atoms with E-state index in [9.17, 15) is 4.79 Å². The van der Waals surface area contributed by atoms with Gasteiger partial charge in [0.2, 0.25) is 5.89 Å². The highest BCUT2D eigenvalue weighted by molar-refractivity contribution is 7.13. The third-order valence-corrected chi connectivity index (χ3v) is 5.16. The van der Waals surface area contributed by atoms with Crippen LogP contribution in [0, 0.1) is 18.8 Å². The molecule has 2 heterocycles. The van der Waals surface area contributed by atoms with Crippen molar-refractivity contribution in [2.45, 2.75) is 38.6 Å². The molecule has 1 N–H and O–H groups in total. The number of nitrogens with zero attached hydrogens (tertiary/aromatic N) is 1. The van der Waals surface area contributed by atoms with Crippen molar-refractivity contribution in [2.24, 2.45) is 11.8 Å². The van der Waals surface area contributed by atoms with E-state index in [4.69, 9.17) is 4.42 Å².